The summed E-state index contributed by atoms with van der Waals surface area (Å²) >= 11 is 1.05. The lowest BCUT2D eigenvalue weighted by atomic mass is 10.0. The van der Waals surface area contributed by atoms with Crippen LogP contribution in [0.3, 0.4) is 0 Å². The maximum atomic E-state index is 13.3. The number of carboxylic acid groups (broad SMARTS) is 2. The van der Waals surface area contributed by atoms with E-state index in [0.29, 0.717) is 4.57 Å². The second-order valence-corrected chi connectivity index (χ2v) is 10.6. The number of carboxylic acids is 2. The topological polar surface area (TPSA) is 189 Å². The Morgan fingerprint density at radius 1 is 1.05 bits per heavy atom. The molecule has 2 amide bonds. The maximum Gasteiger partial charge on any atom is 0.329 e. The van der Waals surface area contributed by atoms with Crippen LogP contribution in [0.1, 0.15) is 32.4 Å². The van der Waals surface area contributed by atoms with Crippen molar-refractivity contribution in [2.24, 2.45) is 0 Å². The smallest absolute Gasteiger partial charge is 0.329 e. The number of benzene rings is 1. The molecule has 2 aromatic rings. The largest absolute Gasteiger partial charge is 0.480 e. The van der Waals surface area contributed by atoms with Crippen molar-refractivity contribution < 1.29 is 29.4 Å². The third kappa shape index (κ3) is 5.91. The number of thioether (sulfide) groups is 1. The Morgan fingerprint density at radius 2 is 1.70 bits per heavy atom. The van der Waals surface area contributed by atoms with Crippen LogP contribution in [-0.2, 0) is 20.9 Å². The summed E-state index contributed by atoms with van der Waals surface area (Å²) in [6.45, 7) is 5.15. The van der Waals surface area contributed by atoms with Crippen LogP contribution in [0, 0.1) is 0 Å². The zero-order chi connectivity index (χ0) is 27.5. The van der Waals surface area contributed by atoms with Crippen LogP contribution in [0.15, 0.2) is 52.3 Å². The number of amides is 2. The molecule has 0 aliphatic carbocycles. The molecular weight excluding hydrogens is 506 g/mol. The average Bonchev–Trinajstić information content (AvgIpc) is 3.17. The molecule has 5 N–H and O–H groups in total. The van der Waals surface area contributed by atoms with E-state index in [0.717, 1.165) is 22.5 Å². The molecule has 1 aliphatic rings. The van der Waals surface area contributed by atoms with E-state index in [9.17, 15) is 39.0 Å². The van der Waals surface area contributed by atoms with Crippen molar-refractivity contribution in [3.8, 4) is 0 Å². The normalized spacial score (nSPS) is 20.0. The lowest BCUT2D eigenvalue weighted by Gasteiger charge is -2.25. The average molecular weight is 534 g/mol. The van der Waals surface area contributed by atoms with E-state index in [1.807, 2.05) is 0 Å². The summed E-state index contributed by atoms with van der Waals surface area (Å²) in [6, 6.07) is 2.77. The third-order valence-electron chi connectivity index (χ3n) is 5.85. The van der Waals surface area contributed by atoms with Gasteiger partial charge in [-0.05, 0) is 26.3 Å². The van der Waals surface area contributed by atoms with Gasteiger partial charge in [-0.3, -0.25) is 24.5 Å². The Balaban J connectivity index is 1.90. The molecule has 1 aliphatic heterocycles. The Morgan fingerprint density at radius 3 is 2.24 bits per heavy atom. The maximum absolute atomic E-state index is 13.3. The van der Waals surface area contributed by atoms with E-state index in [4.69, 9.17) is 0 Å². The van der Waals surface area contributed by atoms with Crippen molar-refractivity contribution in [1.82, 2.24) is 25.1 Å². The summed E-state index contributed by atoms with van der Waals surface area (Å²) in [5.41, 5.74) is -1.76. The van der Waals surface area contributed by atoms with Gasteiger partial charge < -0.3 is 25.4 Å². The number of carbonyl (C=O) groups excluding carboxylic acids is 2. The molecule has 1 aromatic heterocycles. The van der Waals surface area contributed by atoms with Gasteiger partial charge in [-0.2, -0.15) is 0 Å². The summed E-state index contributed by atoms with van der Waals surface area (Å²) in [5.74, 6) is -3.50. The number of nitrogens with one attached hydrogen (secondary N) is 3. The molecular formula is C23H27N5O8S. The SMILES string of the molecule is CCn1ccn(C(=O)N[C@@H](C(=O)N[C@H](C(=O)O)[C@@H]2N[C@@H](C(=O)O)C(C)(C)S2)c2ccccc2)c(=O)c1=O. The molecule has 13 nitrogen and oxygen atoms in total. The second kappa shape index (κ2) is 11.0. The molecule has 4 atom stereocenters. The predicted molar refractivity (Wildman–Crippen MR) is 133 cm³/mol. The van der Waals surface area contributed by atoms with Crippen LogP contribution >= 0.6 is 11.8 Å². The first-order valence-corrected chi connectivity index (χ1v) is 12.1. The third-order valence-corrected chi connectivity index (χ3v) is 7.36. The molecule has 1 fully saturated rings. The van der Waals surface area contributed by atoms with Gasteiger partial charge in [-0.25, -0.2) is 14.2 Å². The van der Waals surface area contributed by atoms with E-state index >= 15 is 0 Å². The Labute approximate surface area is 214 Å². The fraction of sp³-hybridized carbons (Fsp3) is 0.391. The molecule has 3 rings (SSSR count). The van der Waals surface area contributed by atoms with Crippen LogP contribution in [0.4, 0.5) is 4.79 Å². The highest BCUT2D eigenvalue weighted by molar-refractivity contribution is 8.01. The van der Waals surface area contributed by atoms with Gasteiger partial charge in [0, 0.05) is 23.7 Å². The number of carbonyl (C=O) groups is 4. The van der Waals surface area contributed by atoms with Crippen LogP contribution in [0.25, 0.3) is 0 Å². The highest BCUT2D eigenvalue weighted by Crippen LogP contribution is 2.39. The van der Waals surface area contributed by atoms with Gasteiger partial charge in [-0.1, -0.05) is 30.3 Å². The first kappa shape index (κ1) is 27.7. The standard InChI is InChI=1S/C23H27N5O8S/c1-4-27-10-11-28(19(31)18(27)30)22(36)25-13(12-8-6-5-7-9-12)16(29)24-14(20(32)33)17-26-15(21(34)35)23(2,3)37-17/h5-11,13-15,17,26H,4H2,1-3H3,(H,24,29)(H,25,36)(H,32,33)(H,34,35)/t13-,14+,15+,17-/m1/s1. The van der Waals surface area contributed by atoms with E-state index in [1.165, 1.54) is 18.3 Å². The Kier molecular flexibility index (Phi) is 8.23. The minimum atomic E-state index is -1.56. The fourth-order valence-electron chi connectivity index (χ4n) is 3.89. The molecule has 0 spiro atoms. The lowest BCUT2D eigenvalue weighted by Crippen LogP contribution is -2.56. The number of nitrogens with zero attached hydrogens (tertiary/aromatic N) is 2. The minimum Gasteiger partial charge on any atom is -0.480 e. The molecule has 198 valence electrons. The van der Waals surface area contributed by atoms with Crippen molar-refractivity contribution in [1.29, 1.82) is 0 Å². The fourth-order valence-corrected chi connectivity index (χ4v) is 5.37. The molecule has 14 heteroatoms. The molecule has 0 unspecified atom stereocenters. The highest BCUT2D eigenvalue weighted by Gasteiger charge is 2.49. The zero-order valence-corrected chi connectivity index (χ0v) is 21.0. The molecule has 0 saturated carbocycles. The number of aromatic nitrogens is 2. The number of rotatable bonds is 8. The molecule has 0 radical (unpaired) electrons. The molecule has 0 bridgehead atoms. The number of hydrogen-bond donors (Lipinski definition) is 5. The van der Waals surface area contributed by atoms with Gasteiger partial charge >= 0.3 is 29.1 Å². The van der Waals surface area contributed by atoms with Crippen molar-refractivity contribution in [2.45, 2.75) is 55.6 Å². The molecule has 1 aromatic carbocycles. The van der Waals surface area contributed by atoms with Crippen LogP contribution < -0.4 is 27.1 Å². The molecule has 37 heavy (non-hydrogen) atoms. The second-order valence-electron chi connectivity index (χ2n) is 8.76. The van der Waals surface area contributed by atoms with E-state index in [-0.39, 0.29) is 12.1 Å². The first-order chi connectivity index (χ1) is 17.4. The van der Waals surface area contributed by atoms with Gasteiger partial charge in [0.05, 0.1) is 5.37 Å². The summed E-state index contributed by atoms with van der Waals surface area (Å²) in [7, 11) is 0. The Hall–Kier alpha value is -3.91. The van der Waals surface area contributed by atoms with Gasteiger partial charge in [0.2, 0.25) is 5.91 Å². The molecule has 1 saturated heterocycles. The lowest BCUT2D eigenvalue weighted by molar-refractivity contribution is -0.143. The van der Waals surface area contributed by atoms with Gasteiger partial charge in [-0.15, -0.1) is 11.8 Å². The summed E-state index contributed by atoms with van der Waals surface area (Å²) in [6.07, 6.45) is 2.35. The predicted octanol–water partition coefficient (Wildman–Crippen LogP) is -0.207. The van der Waals surface area contributed by atoms with Crippen LogP contribution in [-0.4, -0.2) is 65.4 Å². The van der Waals surface area contributed by atoms with E-state index < -0.39 is 63.2 Å². The first-order valence-electron chi connectivity index (χ1n) is 11.2. The minimum absolute atomic E-state index is 0.217. The number of aliphatic carboxylic acids is 2. The quantitative estimate of drug-likeness (QED) is 0.284. The van der Waals surface area contributed by atoms with Crippen molar-refractivity contribution in [3.63, 3.8) is 0 Å². The summed E-state index contributed by atoms with van der Waals surface area (Å²) in [5, 5.41) is 25.8. The summed E-state index contributed by atoms with van der Waals surface area (Å²) < 4.78 is 0.770. The van der Waals surface area contributed by atoms with Crippen molar-refractivity contribution in [2.75, 3.05) is 0 Å². The number of hydrogen-bond acceptors (Lipinski definition) is 8. The van der Waals surface area contributed by atoms with Crippen molar-refractivity contribution >= 4 is 35.6 Å². The van der Waals surface area contributed by atoms with Crippen molar-refractivity contribution in [3.05, 3.63) is 69.0 Å². The summed E-state index contributed by atoms with van der Waals surface area (Å²) in [4.78, 5) is 74.5. The highest BCUT2D eigenvalue weighted by atomic mass is 32.2. The Bertz CT molecular complexity index is 1320. The van der Waals surface area contributed by atoms with Gasteiger partial charge in [0.25, 0.3) is 0 Å². The number of aryl methyl sites for hydroxylation is 1. The van der Waals surface area contributed by atoms with E-state index in [1.54, 1.807) is 39.0 Å². The van der Waals surface area contributed by atoms with Gasteiger partial charge in [0.15, 0.2) is 6.04 Å². The van der Waals surface area contributed by atoms with E-state index in [2.05, 4.69) is 16.0 Å². The monoisotopic (exact) mass is 533 g/mol. The zero-order valence-electron chi connectivity index (χ0n) is 20.2. The molecule has 2 heterocycles. The van der Waals surface area contributed by atoms with Crippen LogP contribution in [0.2, 0.25) is 0 Å². The van der Waals surface area contributed by atoms with Crippen LogP contribution in [0.5, 0.6) is 0 Å². The van der Waals surface area contributed by atoms with Gasteiger partial charge in [0.1, 0.15) is 12.1 Å².